The highest BCUT2D eigenvalue weighted by Gasteiger charge is 2.19. The fourth-order valence-corrected chi connectivity index (χ4v) is 2.90. The first kappa shape index (κ1) is 14.5. The highest BCUT2D eigenvalue weighted by atomic mass is 16.5. The molecule has 0 N–H and O–H groups in total. The minimum atomic E-state index is 0.689. The van der Waals surface area contributed by atoms with Gasteiger partial charge in [-0.2, -0.15) is 0 Å². The lowest BCUT2D eigenvalue weighted by atomic mass is 9.96. The zero-order valence-electron chi connectivity index (χ0n) is 13.0. The number of likely N-dealkylation sites (N-methyl/N-ethyl adjacent to an activating group) is 1. The van der Waals surface area contributed by atoms with Crippen LogP contribution in [0.2, 0.25) is 0 Å². The predicted octanol–water partition coefficient (Wildman–Crippen LogP) is 1.96. The van der Waals surface area contributed by atoms with E-state index in [0.29, 0.717) is 5.92 Å². The van der Waals surface area contributed by atoms with Crippen molar-refractivity contribution in [2.45, 2.75) is 25.8 Å². The highest BCUT2D eigenvalue weighted by molar-refractivity contribution is 5.71. The van der Waals surface area contributed by atoms with E-state index in [-0.39, 0.29) is 0 Å². The van der Waals surface area contributed by atoms with Gasteiger partial charge in [0.2, 0.25) is 0 Å². The van der Waals surface area contributed by atoms with E-state index in [1.165, 1.54) is 5.82 Å². The normalized spacial score (nSPS) is 16.9. The molecule has 1 aliphatic heterocycles. The predicted molar refractivity (Wildman–Crippen MR) is 83.3 cm³/mol. The van der Waals surface area contributed by atoms with Crippen molar-refractivity contribution in [3.05, 3.63) is 24.2 Å². The Kier molecular flexibility index (Phi) is 4.51. The van der Waals surface area contributed by atoms with Gasteiger partial charge in [-0.1, -0.05) is 0 Å². The second kappa shape index (κ2) is 6.54. The molecule has 0 spiro atoms. The Hall–Kier alpha value is -1.46. The van der Waals surface area contributed by atoms with Crippen molar-refractivity contribution < 1.29 is 4.74 Å². The van der Waals surface area contributed by atoms with Crippen molar-refractivity contribution in [2.75, 3.05) is 33.9 Å². The van der Waals surface area contributed by atoms with Gasteiger partial charge in [-0.25, -0.2) is 9.97 Å². The molecule has 0 bridgehead atoms. The maximum absolute atomic E-state index is 5.46. The smallest absolute Gasteiger partial charge is 0.160 e. The molecular weight excluding hydrogens is 264 g/mol. The van der Waals surface area contributed by atoms with E-state index in [0.717, 1.165) is 56.7 Å². The number of rotatable bonds is 5. The number of aromatic nitrogens is 3. The summed E-state index contributed by atoms with van der Waals surface area (Å²) in [4.78, 5) is 11.6. The summed E-state index contributed by atoms with van der Waals surface area (Å²) < 4.78 is 7.76. The summed E-state index contributed by atoms with van der Waals surface area (Å²) >= 11 is 0. The van der Waals surface area contributed by atoms with Gasteiger partial charge in [0.25, 0.3) is 0 Å². The largest absolute Gasteiger partial charge is 0.381 e. The first-order valence-corrected chi connectivity index (χ1v) is 7.76. The fourth-order valence-electron chi connectivity index (χ4n) is 2.90. The third kappa shape index (κ3) is 3.41. The first-order valence-electron chi connectivity index (χ1n) is 7.76. The Morgan fingerprint density at radius 1 is 1.33 bits per heavy atom. The maximum atomic E-state index is 5.46. The van der Waals surface area contributed by atoms with Crippen LogP contribution in [0.15, 0.2) is 18.3 Å². The van der Waals surface area contributed by atoms with Crippen molar-refractivity contribution in [1.29, 1.82) is 0 Å². The summed E-state index contributed by atoms with van der Waals surface area (Å²) in [5.41, 5.74) is 2.03. The molecule has 1 fully saturated rings. The lowest BCUT2D eigenvalue weighted by molar-refractivity contribution is 0.0657. The van der Waals surface area contributed by atoms with Crippen LogP contribution in [0.3, 0.4) is 0 Å². The monoisotopic (exact) mass is 288 g/mol. The van der Waals surface area contributed by atoms with Gasteiger partial charge in [0.1, 0.15) is 11.3 Å². The van der Waals surface area contributed by atoms with Crippen LogP contribution in [-0.4, -0.2) is 53.3 Å². The lowest BCUT2D eigenvalue weighted by Gasteiger charge is -2.22. The zero-order chi connectivity index (χ0) is 14.7. The molecule has 0 saturated carbocycles. The average Bonchev–Trinajstić information content (AvgIpc) is 2.83. The van der Waals surface area contributed by atoms with Gasteiger partial charge in [0, 0.05) is 38.9 Å². The molecule has 0 aromatic carbocycles. The SMILES string of the molecule is CN(C)CCn1c(CC2CCOCC2)nc2cccnc21. The van der Waals surface area contributed by atoms with Gasteiger partial charge >= 0.3 is 0 Å². The van der Waals surface area contributed by atoms with Gasteiger partial charge in [-0.05, 0) is 45.0 Å². The molecule has 0 aliphatic carbocycles. The first-order chi connectivity index (χ1) is 10.2. The number of ether oxygens (including phenoxy) is 1. The van der Waals surface area contributed by atoms with Crippen molar-refractivity contribution in [3.63, 3.8) is 0 Å². The number of pyridine rings is 1. The summed E-state index contributed by atoms with van der Waals surface area (Å²) in [5.74, 6) is 1.87. The van der Waals surface area contributed by atoms with Crippen LogP contribution in [0, 0.1) is 5.92 Å². The van der Waals surface area contributed by atoms with Crippen molar-refractivity contribution in [1.82, 2.24) is 19.4 Å². The van der Waals surface area contributed by atoms with Gasteiger partial charge in [-0.3, -0.25) is 0 Å². The minimum Gasteiger partial charge on any atom is -0.381 e. The zero-order valence-corrected chi connectivity index (χ0v) is 13.0. The quantitative estimate of drug-likeness (QED) is 0.843. The van der Waals surface area contributed by atoms with E-state index in [2.05, 4.69) is 34.6 Å². The fraction of sp³-hybridized carbons (Fsp3) is 0.625. The van der Waals surface area contributed by atoms with Gasteiger partial charge < -0.3 is 14.2 Å². The topological polar surface area (TPSA) is 43.2 Å². The van der Waals surface area contributed by atoms with Gasteiger partial charge in [0.15, 0.2) is 5.65 Å². The summed E-state index contributed by atoms with van der Waals surface area (Å²) in [6, 6.07) is 4.02. The minimum absolute atomic E-state index is 0.689. The van der Waals surface area contributed by atoms with E-state index in [1.54, 1.807) is 0 Å². The molecule has 2 aromatic rings. The Morgan fingerprint density at radius 2 is 2.14 bits per heavy atom. The summed E-state index contributed by atoms with van der Waals surface area (Å²) in [6.07, 6.45) is 5.18. The van der Waals surface area contributed by atoms with Crippen LogP contribution in [0.4, 0.5) is 0 Å². The molecule has 1 aliphatic rings. The van der Waals surface area contributed by atoms with Crippen LogP contribution in [0.5, 0.6) is 0 Å². The van der Waals surface area contributed by atoms with Crippen molar-refractivity contribution >= 4 is 11.2 Å². The number of hydrogen-bond donors (Lipinski definition) is 0. The summed E-state index contributed by atoms with van der Waals surface area (Å²) in [6.45, 7) is 3.73. The summed E-state index contributed by atoms with van der Waals surface area (Å²) in [7, 11) is 4.20. The number of hydrogen-bond acceptors (Lipinski definition) is 4. The van der Waals surface area contributed by atoms with Crippen molar-refractivity contribution in [3.8, 4) is 0 Å². The van der Waals surface area contributed by atoms with Gasteiger partial charge in [0.05, 0.1) is 0 Å². The average molecular weight is 288 g/mol. The Morgan fingerprint density at radius 3 is 2.90 bits per heavy atom. The standard InChI is InChI=1S/C16H24N4O/c1-19(2)8-9-20-15(12-13-5-10-21-11-6-13)18-14-4-3-7-17-16(14)20/h3-4,7,13H,5-6,8-12H2,1-2H3. The molecule has 1 saturated heterocycles. The molecule has 0 radical (unpaired) electrons. The highest BCUT2D eigenvalue weighted by Crippen LogP contribution is 2.22. The molecular formula is C16H24N4O. The molecule has 114 valence electrons. The number of imidazole rings is 1. The van der Waals surface area contributed by atoms with Crippen LogP contribution in [0.25, 0.3) is 11.2 Å². The van der Waals surface area contributed by atoms with E-state index in [1.807, 2.05) is 12.3 Å². The lowest BCUT2D eigenvalue weighted by Crippen LogP contribution is -2.22. The van der Waals surface area contributed by atoms with E-state index < -0.39 is 0 Å². The molecule has 2 aromatic heterocycles. The number of nitrogens with zero attached hydrogens (tertiary/aromatic N) is 4. The molecule has 3 heterocycles. The molecule has 5 nitrogen and oxygen atoms in total. The number of fused-ring (bicyclic) bond motifs is 1. The Labute approximate surface area is 125 Å². The van der Waals surface area contributed by atoms with Crippen LogP contribution in [-0.2, 0) is 17.7 Å². The van der Waals surface area contributed by atoms with Crippen molar-refractivity contribution in [2.24, 2.45) is 5.92 Å². The molecule has 0 unspecified atom stereocenters. The van der Waals surface area contributed by atoms with E-state index in [9.17, 15) is 0 Å². The van der Waals surface area contributed by atoms with Crippen LogP contribution < -0.4 is 0 Å². The molecule has 3 rings (SSSR count). The second-order valence-electron chi connectivity index (χ2n) is 6.09. The second-order valence-corrected chi connectivity index (χ2v) is 6.09. The van der Waals surface area contributed by atoms with E-state index in [4.69, 9.17) is 9.72 Å². The molecule has 0 atom stereocenters. The Bertz CT molecular complexity index is 587. The molecule has 21 heavy (non-hydrogen) atoms. The Balaban J connectivity index is 1.86. The summed E-state index contributed by atoms with van der Waals surface area (Å²) in [5, 5.41) is 0. The van der Waals surface area contributed by atoms with Crippen LogP contribution in [0.1, 0.15) is 18.7 Å². The maximum Gasteiger partial charge on any atom is 0.160 e. The third-order valence-corrected chi connectivity index (χ3v) is 4.17. The molecule has 0 amide bonds. The van der Waals surface area contributed by atoms with E-state index >= 15 is 0 Å². The van der Waals surface area contributed by atoms with Gasteiger partial charge in [-0.15, -0.1) is 0 Å². The molecule has 5 heteroatoms. The van der Waals surface area contributed by atoms with Crippen LogP contribution >= 0.6 is 0 Å². The third-order valence-electron chi connectivity index (χ3n) is 4.17.